The van der Waals surface area contributed by atoms with Gasteiger partial charge in [-0.25, -0.2) is 14.8 Å². The molecule has 3 aromatic rings. The number of hydrogen-bond donors (Lipinski definition) is 1. The Balaban J connectivity index is 1.33. The Morgan fingerprint density at radius 2 is 1.71 bits per heavy atom. The summed E-state index contributed by atoms with van der Waals surface area (Å²) in [7, 11) is 4.30. The Kier molecular flexibility index (Phi) is 5.54. The molecular formula is C27H28N6O. The second-order valence-corrected chi connectivity index (χ2v) is 9.55. The van der Waals surface area contributed by atoms with Crippen molar-refractivity contribution >= 4 is 11.7 Å². The quantitative estimate of drug-likeness (QED) is 0.637. The molecule has 34 heavy (non-hydrogen) atoms. The van der Waals surface area contributed by atoms with Crippen molar-refractivity contribution in [3.8, 4) is 17.5 Å². The lowest BCUT2D eigenvalue weighted by molar-refractivity contribution is 0.0658. The first-order valence-electron chi connectivity index (χ1n) is 11.6. The SMILES string of the molecule is CN(C)[C@]1(c2ccccc2)CC[C@]2(CC1)CN(c1cnc(-c3cccc(C#N)c3)nc1)C(=O)N2. The molecule has 2 aromatic carbocycles. The molecule has 0 bridgehead atoms. The molecule has 1 aliphatic carbocycles. The van der Waals surface area contributed by atoms with E-state index in [0.717, 1.165) is 31.2 Å². The van der Waals surface area contributed by atoms with Crippen molar-refractivity contribution in [1.29, 1.82) is 5.26 Å². The Bertz CT molecular complexity index is 1220. The maximum absolute atomic E-state index is 13.0. The Morgan fingerprint density at radius 3 is 2.35 bits per heavy atom. The van der Waals surface area contributed by atoms with Crippen LogP contribution in [0.25, 0.3) is 11.4 Å². The molecule has 1 saturated heterocycles. The van der Waals surface area contributed by atoms with Gasteiger partial charge in [-0.3, -0.25) is 9.80 Å². The van der Waals surface area contributed by atoms with Crippen LogP contribution in [-0.4, -0.2) is 47.1 Å². The van der Waals surface area contributed by atoms with E-state index in [1.807, 2.05) is 12.1 Å². The Hall–Kier alpha value is -3.76. The maximum atomic E-state index is 13.0. The molecule has 2 amide bonds. The standard InChI is InChI=1S/C27H28N6O/c1-32(2)27(22-9-4-3-5-10-22)13-11-26(12-14-27)19-33(25(34)31-26)23-17-29-24(30-18-23)21-8-6-7-20(15-21)16-28/h3-10,15,17-18H,11-14,19H2,1-2H3,(H,31,34)/t26-,27+. The number of amides is 2. The highest BCUT2D eigenvalue weighted by Crippen LogP contribution is 2.46. The van der Waals surface area contributed by atoms with E-state index in [2.05, 4.69) is 70.7 Å². The number of benzene rings is 2. The maximum Gasteiger partial charge on any atom is 0.322 e. The average molecular weight is 453 g/mol. The van der Waals surface area contributed by atoms with Gasteiger partial charge in [-0.1, -0.05) is 42.5 Å². The van der Waals surface area contributed by atoms with E-state index in [1.54, 1.807) is 29.4 Å². The summed E-state index contributed by atoms with van der Waals surface area (Å²) in [5.41, 5.74) is 3.09. The van der Waals surface area contributed by atoms with Crippen molar-refractivity contribution in [2.45, 2.75) is 36.8 Å². The highest BCUT2D eigenvalue weighted by atomic mass is 16.2. The molecule has 7 heteroatoms. The predicted octanol–water partition coefficient (Wildman–Crippen LogP) is 4.31. The van der Waals surface area contributed by atoms with E-state index in [0.29, 0.717) is 23.6 Å². The van der Waals surface area contributed by atoms with Crippen LogP contribution in [-0.2, 0) is 5.54 Å². The molecule has 7 nitrogen and oxygen atoms in total. The summed E-state index contributed by atoms with van der Waals surface area (Å²) in [6.07, 6.45) is 7.14. The van der Waals surface area contributed by atoms with Gasteiger partial charge in [0.15, 0.2) is 5.82 Å². The zero-order chi connectivity index (χ0) is 23.8. The van der Waals surface area contributed by atoms with Gasteiger partial charge in [0.05, 0.1) is 41.8 Å². The van der Waals surface area contributed by atoms with E-state index >= 15 is 0 Å². The largest absolute Gasteiger partial charge is 0.330 e. The number of nitrogens with zero attached hydrogens (tertiary/aromatic N) is 5. The summed E-state index contributed by atoms with van der Waals surface area (Å²) in [4.78, 5) is 26.0. The molecule has 2 fully saturated rings. The molecule has 1 saturated carbocycles. The molecule has 1 N–H and O–H groups in total. The van der Waals surface area contributed by atoms with Crippen LogP contribution in [0.15, 0.2) is 67.0 Å². The molecule has 5 rings (SSSR count). The first kappa shape index (κ1) is 22.1. The monoisotopic (exact) mass is 452 g/mol. The van der Waals surface area contributed by atoms with Gasteiger partial charge >= 0.3 is 6.03 Å². The van der Waals surface area contributed by atoms with Crippen molar-refractivity contribution in [2.24, 2.45) is 0 Å². The molecule has 2 heterocycles. The van der Waals surface area contributed by atoms with Gasteiger partial charge in [0.2, 0.25) is 0 Å². The molecular weight excluding hydrogens is 424 g/mol. The first-order chi connectivity index (χ1) is 16.4. The minimum Gasteiger partial charge on any atom is -0.330 e. The number of anilines is 1. The van der Waals surface area contributed by atoms with Crippen LogP contribution in [0.3, 0.4) is 0 Å². The third-order valence-electron chi connectivity index (χ3n) is 7.48. The average Bonchev–Trinajstić information content (AvgIpc) is 3.20. The first-order valence-corrected chi connectivity index (χ1v) is 11.6. The van der Waals surface area contributed by atoms with Crippen LogP contribution >= 0.6 is 0 Å². The zero-order valence-corrected chi connectivity index (χ0v) is 19.5. The van der Waals surface area contributed by atoms with Crippen molar-refractivity contribution in [2.75, 3.05) is 25.5 Å². The van der Waals surface area contributed by atoms with Gasteiger partial charge in [0, 0.05) is 11.1 Å². The summed E-state index contributed by atoms with van der Waals surface area (Å²) in [6.45, 7) is 0.608. The number of nitriles is 1. The molecule has 1 aromatic heterocycles. The number of carbonyl (C=O) groups is 1. The lowest BCUT2D eigenvalue weighted by atomic mass is 9.69. The zero-order valence-electron chi connectivity index (χ0n) is 19.5. The fourth-order valence-corrected chi connectivity index (χ4v) is 5.42. The van der Waals surface area contributed by atoms with Gasteiger partial charge in [0.25, 0.3) is 0 Å². The Morgan fingerprint density at radius 1 is 1.00 bits per heavy atom. The van der Waals surface area contributed by atoms with Gasteiger partial charge in [0.1, 0.15) is 0 Å². The second-order valence-electron chi connectivity index (χ2n) is 9.55. The Labute approximate surface area is 200 Å². The molecule has 1 spiro atoms. The summed E-state index contributed by atoms with van der Waals surface area (Å²) in [5, 5.41) is 12.4. The van der Waals surface area contributed by atoms with Gasteiger partial charge < -0.3 is 5.32 Å². The number of rotatable bonds is 4. The molecule has 0 atom stereocenters. The lowest BCUT2D eigenvalue weighted by Gasteiger charge is -2.48. The highest BCUT2D eigenvalue weighted by Gasteiger charge is 2.50. The van der Waals surface area contributed by atoms with Crippen LogP contribution in [0.1, 0.15) is 36.8 Å². The van der Waals surface area contributed by atoms with Gasteiger partial charge in [-0.05, 0) is 57.5 Å². The van der Waals surface area contributed by atoms with Crippen LogP contribution in [0.2, 0.25) is 0 Å². The molecule has 0 unspecified atom stereocenters. The molecule has 2 aliphatic rings. The summed E-state index contributed by atoms with van der Waals surface area (Å²) >= 11 is 0. The summed E-state index contributed by atoms with van der Waals surface area (Å²) < 4.78 is 0. The third-order valence-corrected chi connectivity index (χ3v) is 7.48. The third kappa shape index (κ3) is 3.80. The number of nitrogens with one attached hydrogen (secondary N) is 1. The number of carbonyl (C=O) groups excluding carboxylic acids is 1. The van der Waals surface area contributed by atoms with E-state index in [-0.39, 0.29) is 17.1 Å². The van der Waals surface area contributed by atoms with Crippen molar-refractivity contribution in [3.05, 3.63) is 78.1 Å². The summed E-state index contributed by atoms with van der Waals surface area (Å²) in [5.74, 6) is 0.534. The number of hydrogen-bond acceptors (Lipinski definition) is 5. The summed E-state index contributed by atoms with van der Waals surface area (Å²) in [6, 6.07) is 19.9. The van der Waals surface area contributed by atoms with Crippen molar-refractivity contribution < 1.29 is 4.79 Å². The number of urea groups is 1. The molecule has 172 valence electrons. The minimum atomic E-state index is -0.245. The normalized spacial score (nSPS) is 24.3. The van der Waals surface area contributed by atoms with Crippen LogP contribution in [0.5, 0.6) is 0 Å². The fourth-order valence-electron chi connectivity index (χ4n) is 5.42. The van der Waals surface area contributed by atoms with Crippen LogP contribution < -0.4 is 10.2 Å². The fraction of sp³-hybridized carbons (Fsp3) is 0.333. The minimum absolute atomic E-state index is 0.0205. The van der Waals surface area contributed by atoms with Crippen LogP contribution in [0.4, 0.5) is 10.5 Å². The second kappa shape index (κ2) is 8.54. The van der Waals surface area contributed by atoms with E-state index in [9.17, 15) is 4.79 Å². The predicted molar refractivity (Wildman–Crippen MR) is 131 cm³/mol. The van der Waals surface area contributed by atoms with E-state index < -0.39 is 0 Å². The van der Waals surface area contributed by atoms with Gasteiger partial charge in [-0.15, -0.1) is 0 Å². The highest BCUT2D eigenvalue weighted by molar-refractivity contribution is 5.95. The smallest absolute Gasteiger partial charge is 0.322 e. The van der Waals surface area contributed by atoms with Crippen molar-refractivity contribution in [1.82, 2.24) is 20.2 Å². The number of aromatic nitrogens is 2. The molecule has 0 radical (unpaired) electrons. The lowest BCUT2D eigenvalue weighted by Crippen LogP contribution is -2.54. The van der Waals surface area contributed by atoms with Crippen LogP contribution in [0, 0.1) is 11.3 Å². The van der Waals surface area contributed by atoms with E-state index in [1.165, 1.54) is 5.56 Å². The molecule has 1 aliphatic heterocycles. The van der Waals surface area contributed by atoms with Gasteiger partial charge in [-0.2, -0.15) is 5.26 Å². The van der Waals surface area contributed by atoms with Crippen molar-refractivity contribution in [3.63, 3.8) is 0 Å². The topological polar surface area (TPSA) is 85.2 Å². The van der Waals surface area contributed by atoms with E-state index in [4.69, 9.17) is 5.26 Å².